The first-order valence-electron chi connectivity index (χ1n) is 24.7. The summed E-state index contributed by atoms with van der Waals surface area (Å²) in [6.45, 7) is 8.99. The van der Waals surface area contributed by atoms with Gasteiger partial charge in [0.05, 0.1) is 48.7 Å². The van der Waals surface area contributed by atoms with E-state index in [0.717, 1.165) is 92.4 Å². The number of amides is 4. The summed E-state index contributed by atoms with van der Waals surface area (Å²) in [4.78, 5) is 67.6. The molecule has 7 atom stereocenters. The highest BCUT2D eigenvalue weighted by Crippen LogP contribution is 2.50. The van der Waals surface area contributed by atoms with Crippen LogP contribution in [-0.4, -0.2) is 106 Å². The number of benzene rings is 3. The number of carbonyl (C=O) groups is 4. The van der Waals surface area contributed by atoms with Gasteiger partial charge in [-0.2, -0.15) is 0 Å². The molecule has 358 valence electrons. The second kappa shape index (κ2) is 19.8. The number of hydrogen-bond acceptors (Lipinski definition) is 10. The molecule has 9 rings (SSSR count). The summed E-state index contributed by atoms with van der Waals surface area (Å²) in [6.07, 6.45) is 8.62. The maximum absolute atomic E-state index is 14.0. The predicted octanol–water partition coefficient (Wildman–Crippen LogP) is 8.75. The number of anilines is 2. The summed E-state index contributed by atoms with van der Waals surface area (Å²) >= 11 is 0. The Morgan fingerprint density at radius 3 is 1.90 bits per heavy atom. The van der Waals surface area contributed by atoms with Crippen molar-refractivity contribution >= 4 is 46.4 Å². The van der Waals surface area contributed by atoms with Gasteiger partial charge in [-0.25, -0.2) is 14.6 Å². The number of carbonyl (C=O) groups excluding carboxylic acids is 4. The van der Waals surface area contributed by atoms with Gasteiger partial charge < -0.3 is 45.5 Å². The molecule has 3 aromatic carbocycles. The van der Waals surface area contributed by atoms with Crippen LogP contribution in [0.3, 0.4) is 0 Å². The lowest BCUT2D eigenvalue weighted by Gasteiger charge is -2.41. The monoisotopic (exact) mass is 916 g/mol. The quantitative estimate of drug-likeness (QED) is 0.0925. The molecule has 15 heteroatoms. The molecule has 0 spiro atoms. The molecule has 1 unspecified atom stereocenters. The van der Waals surface area contributed by atoms with Crippen LogP contribution < -0.4 is 21.3 Å². The molecule has 0 bridgehead atoms. The van der Waals surface area contributed by atoms with Crippen LogP contribution in [0.15, 0.2) is 66.7 Å². The van der Waals surface area contributed by atoms with Crippen molar-refractivity contribution in [2.75, 3.05) is 37.9 Å². The SMILES string of the molecule is COC(=O)N[C@H](C(=O)N1CCC[C@H]1c1nc2ccc([C@H]3CC[C@H](c4ccc5c(c4)NC([C@@H]4CCCN4C(=O)[C@@H](NC(=O)OC)C(C)C)N5)N3C3CCC(c4ccccc4)CC3)cc2[nH]1)C(C)C. The summed E-state index contributed by atoms with van der Waals surface area (Å²) in [6, 6.07) is 23.7. The molecule has 0 radical (unpaired) electrons. The highest BCUT2D eigenvalue weighted by atomic mass is 16.5. The number of hydrogen-bond donors (Lipinski definition) is 5. The van der Waals surface area contributed by atoms with E-state index >= 15 is 0 Å². The molecule has 4 amide bonds. The molecule has 4 aromatic rings. The smallest absolute Gasteiger partial charge is 0.407 e. The molecule has 3 saturated heterocycles. The fourth-order valence-corrected chi connectivity index (χ4v) is 11.9. The molecule has 67 heavy (non-hydrogen) atoms. The van der Waals surface area contributed by atoms with Crippen LogP contribution >= 0.6 is 0 Å². The number of ether oxygens (including phenoxy) is 2. The van der Waals surface area contributed by atoms with Crippen LogP contribution in [0.2, 0.25) is 0 Å². The van der Waals surface area contributed by atoms with Gasteiger partial charge in [0.25, 0.3) is 0 Å². The minimum atomic E-state index is -0.693. The number of nitrogens with one attached hydrogen (secondary N) is 5. The second-order valence-electron chi connectivity index (χ2n) is 20.1. The molecule has 4 fully saturated rings. The largest absolute Gasteiger partial charge is 0.453 e. The summed E-state index contributed by atoms with van der Waals surface area (Å²) in [7, 11) is 2.63. The van der Waals surface area contributed by atoms with Crippen molar-refractivity contribution in [1.82, 2.24) is 35.3 Å². The zero-order valence-corrected chi connectivity index (χ0v) is 39.9. The Morgan fingerprint density at radius 2 is 1.24 bits per heavy atom. The Bertz CT molecular complexity index is 2420. The minimum Gasteiger partial charge on any atom is -0.453 e. The Hall–Kier alpha value is -5.83. The first kappa shape index (κ1) is 46.3. The zero-order chi connectivity index (χ0) is 46.9. The van der Waals surface area contributed by atoms with E-state index in [2.05, 4.69) is 97.9 Å². The number of imidazole rings is 1. The predicted molar refractivity (Wildman–Crippen MR) is 258 cm³/mol. The Labute approximate surface area is 394 Å². The molecule has 1 aromatic heterocycles. The number of rotatable bonds is 12. The fourth-order valence-electron chi connectivity index (χ4n) is 11.9. The van der Waals surface area contributed by atoms with E-state index in [-0.39, 0.29) is 54.0 Å². The third kappa shape index (κ3) is 9.40. The minimum absolute atomic E-state index is 0.0770. The maximum Gasteiger partial charge on any atom is 0.407 e. The number of aromatic nitrogens is 2. The summed E-state index contributed by atoms with van der Waals surface area (Å²) in [5, 5.41) is 13.0. The summed E-state index contributed by atoms with van der Waals surface area (Å²) < 4.78 is 9.71. The number of likely N-dealkylation sites (tertiary alicyclic amines) is 3. The van der Waals surface area contributed by atoms with Gasteiger partial charge in [-0.3, -0.25) is 14.5 Å². The highest BCUT2D eigenvalue weighted by Gasteiger charge is 2.44. The molecular formula is C52H69N9O6. The number of alkyl carbamates (subject to hydrolysis) is 2. The van der Waals surface area contributed by atoms with Gasteiger partial charge in [0.2, 0.25) is 11.8 Å². The number of H-pyrrole nitrogens is 1. The third-order valence-corrected chi connectivity index (χ3v) is 15.4. The van der Waals surface area contributed by atoms with Crippen LogP contribution in [0, 0.1) is 11.8 Å². The van der Waals surface area contributed by atoms with Crippen molar-refractivity contribution in [3.63, 3.8) is 0 Å². The molecule has 15 nitrogen and oxygen atoms in total. The van der Waals surface area contributed by atoms with Gasteiger partial charge in [-0.05, 0) is 123 Å². The topological polar surface area (TPSA) is 173 Å². The first-order chi connectivity index (χ1) is 32.4. The maximum atomic E-state index is 14.0. The fraction of sp³-hybridized carbons (Fsp3) is 0.558. The van der Waals surface area contributed by atoms with Crippen molar-refractivity contribution < 1.29 is 28.7 Å². The lowest BCUT2D eigenvalue weighted by Crippen LogP contribution is -2.56. The van der Waals surface area contributed by atoms with Crippen LogP contribution in [0.5, 0.6) is 0 Å². The van der Waals surface area contributed by atoms with Crippen LogP contribution in [0.25, 0.3) is 11.0 Å². The number of methoxy groups -OCH3 is 2. The average Bonchev–Trinajstić information content (AvgIpc) is 4.20. The van der Waals surface area contributed by atoms with Crippen molar-refractivity contribution in [3.8, 4) is 0 Å². The van der Waals surface area contributed by atoms with E-state index in [4.69, 9.17) is 14.5 Å². The Morgan fingerprint density at radius 1 is 0.642 bits per heavy atom. The third-order valence-electron chi connectivity index (χ3n) is 15.4. The van der Waals surface area contributed by atoms with Gasteiger partial charge >= 0.3 is 12.2 Å². The lowest BCUT2D eigenvalue weighted by molar-refractivity contribution is -0.136. The summed E-state index contributed by atoms with van der Waals surface area (Å²) in [5.74, 6) is 0.937. The van der Waals surface area contributed by atoms with E-state index < -0.39 is 24.3 Å². The van der Waals surface area contributed by atoms with E-state index in [9.17, 15) is 19.2 Å². The van der Waals surface area contributed by atoms with Crippen molar-refractivity contribution in [2.24, 2.45) is 11.8 Å². The Kier molecular flexibility index (Phi) is 13.7. The van der Waals surface area contributed by atoms with Crippen molar-refractivity contribution in [3.05, 3.63) is 89.2 Å². The average molecular weight is 916 g/mol. The normalized spacial score (nSPS) is 26.0. The van der Waals surface area contributed by atoms with E-state index in [1.54, 1.807) is 0 Å². The number of nitrogens with zero attached hydrogens (tertiary/aromatic N) is 4. The van der Waals surface area contributed by atoms with Crippen LogP contribution in [0.1, 0.15) is 138 Å². The van der Waals surface area contributed by atoms with Crippen molar-refractivity contribution in [1.29, 1.82) is 0 Å². The van der Waals surface area contributed by atoms with E-state index in [1.807, 2.05) is 37.5 Å². The number of fused-ring (bicyclic) bond motifs is 2. The molecule has 4 aliphatic heterocycles. The molecule has 5 aliphatic rings. The summed E-state index contributed by atoms with van der Waals surface area (Å²) in [5.41, 5.74) is 7.93. The van der Waals surface area contributed by atoms with Crippen LogP contribution in [0.4, 0.5) is 21.0 Å². The molecule has 1 aliphatic carbocycles. The van der Waals surface area contributed by atoms with Gasteiger partial charge in [-0.1, -0.05) is 70.2 Å². The van der Waals surface area contributed by atoms with Gasteiger partial charge in [0.1, 0.15) is 24.1 Å². The number of aromatic amines is 1. The van der Waals surface area contributed by atoms with Gasteiger partial charge in [0.15, 0.2) is 0 Å². The van der Waals surface area contributed by atoms with E-state index in [1.165, 1.54) is 30.9 Å². The molecule has 5 N–H and O–H groups in total. The highest BCUT2D eigenvalue weighted by molar-refractivity contribution is 5.88. The second-order valence-corrected chi connectivity index (χ2v) is 20.1. The first-order valence-corrected chi connectivity index (χ1v) is 24.7. The Balaban J connectivity index is 0.961. The van der Waals surface area contributed by atoms with Crippen molar-refractivity contribution in [2.45, 2.75) is 146 Å². The van der Waals surface area contributed by atoms with Gasteiger partial charge in [0, 0.05) is 31.2 Å². The zero-order valence-electron chi connectivity index (χ0n) is 39.9. The lowest BCUT2D eigenvalue weighted by atomic mass is 9.80. The molecule has 5 heterocycles. The molecule has 1 saturated carbocycles. The standard InChI is InChI=1S/C52H69N9O6/c1-30(2)45(57-51(64)66-5)49(62)59-26-10-14-43(59)47-53-37-22-18-34(28-39(37)55-47)41-24-25-42(61(41)36-20-16-33(17-21-36)32-12-8-7-9-13-32)35-19-23-38-40(29-35)56-48(54-38)44-15-11-27-60(44)50(63)46(31(3)4)58-52(65)67-6/h7-9,12-13,18-19,22-23,28-31,33,36,41-47,53,55H,10-11,14-17,20-21,24-27H2,1-6H3,(H,54,56)(H,57,64)(H,58,65)/t33?,36?,41-,42-,43+,44+,45+,46+,47?/m1/s1. The van der Waals surface area contributed by atoms with Gasteiger partial charge in [-0.15, -0.1) is 0 Å². The molecular weight excluding hydrogens is 847 g/mol. The van der Waals surface area contributed by atoms with Crippen LogP contribution in [-0.2, 0) is 19.1 Å². The van der Waals surface area contributed by atoms with E-state index in [0.29, 0.717) is 25.0 Å².